The summed E-state index contributed by atoms with van der Waals surface area (Å²) >= 11 is 0. The minimum absolute atomic E-state index is 0.437. The van der Waals surface area contributed by atoms with Crippen molar-refractivity contribution in [1.82, 2.24) is 9.78 Å². The van der Waals surface area contributed by atoms with Gasteiger partial charge in [-0.2, -0.15) is 5.10 Å². The second-order valence-electron chi connectivity index (χ2n) is 3.88. The Morgan fingerprint density at radius 3 is 2.60 bits per heavy atom. The highest BCUT2D eigenvalue weighted by Crippen LogP contribution is 2.21. The number of hydrogen-bond acceptors (Lipinski definition) is 2. The van der Waals surface area contributed by atoms with Crippen molar-refractivity contribution in [1.29, 1.82) is 0 Å². The SMILES string of the molecule is CC(C)c1ccnn1-c1ccccc1N. The topological polar surface area (TPSA) is 43.8 Å². The van der Waals surface area contributed by atoms with Crippen molar-refractivity contribution in [3.63, 3.8) is 0 Å². The third-order valence-corrected chi connectivity index (χ3v) is 2.43. The smallest absolute Gasteiger partial charge is 0.0878 e. The van der Waals surface area contributed by atoms with E-state index in [1.54, 1.807) is 0 Å². The van der Waals surface area contributed by atoms with Gasteiger partial charge in [-0.25, -0.2) is 4.68 Å². The molecule has 1 aromatic carbocycles. The highest BCUT2D eigenvalue weighted by atomic mass is 15.3. The molecule has 1 aromatic heterocycles. The molecule has 0 radical (unpaired) electrons. The lowest BCUT2D eigenvalue weighted by atomic mass is 10.1. The summed E-state index contributed by atoms with van der Waals surface area (Å²) in [5.41, 5.74) is 8.80. The summed E-state index contributed by atoms with van der Waals surface area (Å²) in [6.45, 7) is 4.29. The minimum Gasteiger partial charge on any atom is -0.397 e. The van der Waals surface area contributed by atoms with Crippen LogP contribution in [0.15, 0.2) is 36.5 Å². The summed E-state index contributed by atoms with van der Waals surface area (Å²) in [6, 6.07) is 9.79. The zero-order chi connectivity index (χ0) is 10.8. The van der Waals surface area contributed by atoms with E-state index in [9.17, 15) is 0 Å². The number of nitrogen functional groups attached to an aromatic ring is 1. The predicted octanol–water partition coefficient (Wildman–Crippen LogP) is 2.58. The van der Waals surface area contributed by atoms with Crippen molar-refractivity contribution >= 4 is 5.69 Å². The van der Waals surface area contributed by atoms with Gasteiger partial charge in [-0.15, -0.1) is 0 Å². The summed E-state index contributed by atoms with van der Waals surface area (Å²) in [7, 11) is 0. The molecule has 2 N–H and O–H groups in total. The van der Waals surface area contributed by atoms with Gasteiger partial charge in [-0.05, 0) is 24.1 Å². The third kappa shape index (κ3) is 1.73. The third-order valence-electron chi connectivity index (χ3n) is 2.43. The van der Waals surface area contributed by atoms with Gasteiger partial charge in [0, 0.05) is 11.9 Å². The van der Waals surface area contributed by atoms with Crippen LogP contribution in [0.5, 0.6) is 0 Å². The van der Waals surface area contributed by atoms with Crippen LogP contribution >= 0.6 is 0 Å². The average molecular weight is 201 g/mol. The van der Waals surface area contributed by atoms with Crippen LogP contribution in [0, 0.1) is 0 Å². The minimum atomic E-state index is 0.437. The molecule has 78 valence electrons. The van der Waals surface area contributed by atoms with E-state index < -0.39 is 0 Å². The van der Waals surface area contributed by atoms with E-state index in [0.717, 1.165) is 11.4 Å². The summed E-state index contributed by atoms with van der Waals surface area (Å²) in [5.74, 6) is 0.437. The molecule has 0 spiro atoms. The number of hydrogen-bond donors (Lipinski definition) is 1. The van der Waals surface area contributed by atoms with Gasteiger partial charge in [0.25, 0.3) is 0 Å². The maximum absolute atomic E-state index is 5.92. The summed E-state index contributed by atoms with van der Waals surface area (Å²) in [6.07, 6.45) is 1.81. The average Bonchev–Trinajstić information content (AvgIpc) is 2.67. The van der Waals surface area contributed by atoms with Crippen LogP contribution in [-0.2, 0) is 0 Å². The summed E-state index contributed by atoms with van der Waals surface area (Å²) in [5, 5.41) is 4.31. The van der Waals surface area contributed by atoms with Crippen LogP contribution in [0.1, 0.15) is 25.5 Å². The molecule has 2 aromatic rings. The molecule has 3 nitrogen and oxygen atoms in total. The maximum Gasteiger partial charge on any atom is 0.0878 e. The number of nitrogens with two attached hydrogens (primary N) is 1. The van der Waals surface area contributed by atoms with Gasteiger partial charge in [0.1, 0.15) is 0 Å². The highest BCUT2D eigenvalue weighted by molar-refractivity contribution is 5.57. The van der Waals surface area contributed by atoms with Crippen LogP contribution in [-0.4, -0.2) is 9.78 Å². The Hall–Kier alpha value is -1.77. The lowest BCUT2D eigenvalue weighted by molar-refractivity contribution is 0.735. The fourth-order valence-electron chi connectivity index (χ4n) is 1.63. The lowest BCUT2D eigenvalue weighted by Gasteiger charge is -2.11. The van der Waals surface area contributed by atoms with E-state index in [1.807, 2.05) is 41.2 Å². The second-order valence-corrected chi connectivity index (χ2v) is 3.88. The van der Waals surface area contributed by atoms with Crippen molar-refractivity contribution in [3.8, 4) is 5.69 Å². The van der Waals surface area contributed by atoms with E-state index in [1.165, 1.54) is 5.69 Å². The van der Waals surface area contributed by atoms with Gasteiger partial charge in [0.2, 0.25) is 0 Å². The summed E-state index contributed by atoms with van der Waals surface area (Å²) < 4.78 is 1.90. The van der Waals surface area contributed by atoms with Crippen LogP contribution in [0.3, 0.4) is 0 Å². The first-order chi connectivity index (χ1) is 7.20. The molecule has 0 saturated carbocycles. The van der Waals surface area contributed by atoms with Crippen LogP contribution < -0.4 is 5.73 Å². The van der Waals surface area contributed by atoms with Crippen molar-refractivity contribution < 1.29 is 0 Å². The lowest BCUT2D eigenvalue weighted by Crippen LogP contribution is -2.06. The molecule has 0 aliphatic heterocycles. The predicted molar refractivity (Wildman–Crippen MR) is 62.1 cm³/mol. The molecule has 0 aliphatic rings. The number of anilines is 1. The molecule has 0 unspecified atom stereocenters. The Balaban J connectivity index is 2.55. The van der Waals surface area contributed by atoms with Gasteiger partial charge < -0.3 is 5.73 Å². The first-order valence-corrected chi connectivity index (χ1v) is 5.09. The Bertz CT molecular complexity index is 457. The fourth-order valence-corrected chi connectivity index (χ4v) is 1.63. The van der Waals surface area contributed by atoms with E-state index in [4.69, 9.17) is 5.73 Å². The molecule has 0 saturated heterocycles. The molecule has 0 fully saturated rings. The molecule has 1 heterocycles. The number of benzene rings is 1. The number of para-hydroxylation sites is 2. The standard InChI is InChI=1S/C12H15N3/c1-9(2)11-7-8-14-15(11)12-6-4-3-5-10(12)13/h3-9H,13H2,1-2H3. The molecule has 0 aliphatic carbocycles. The number of nitrogens with zero attached hydrogens (tertiary/aromatic N) is 2. The Kier molecular flexibility index (Phi) is 2.46. The second kappa shape index (κ2) is 3.77. The van der Waals surface area contributed by atoms with Crippen molar-refractivity contribution in [2.75, 3.05) is 5.73 Å². The Morgan fingerprint density at radius 2 is 1.93 bits per heavy atom. The summed E-state index contributed by atoms with van der Waals surface area (Å²) in [4.78, 5) is 0. The van der Waals surface area contributed by atoms with Gasteiger partial charge in [-0.1, -0.05) is 26.0 Å². The largest absolute Gasteiger partial charge is 0.397 e. The van der Waals surface area contributed by atoms with E-state index in [2.05, 4.69) is 18.9 Å². The van der Waals surface area contributed by atoms with Gasteiger partial charge in [0.15, 0.2) is 0 Å². The van der Waals surface area contributed by atoms with Crippen molar-refractivity contribution in [2.24, 2.45) is 0 Å². The fraction of sp³-hybridized carbons (Fsp3) is 0.250. The molecule has 0 bridgehead atoms. The van der Waals surface area contributed by atoms with Gasteiger partial charge >= 0.3 is 0 Å². The molecule has 2 rings (SSSR count). The Labute approximate surface area is 89.5 Å². The molecule has 0 atom stereocenters. The zero-order valence-corrected chi connectivity index (χ0v) is 9.01. The van der Waals surface area contributed by atoms with E-state index >= 15 is 0 Å². The zero-order valence-electron chi connectivity index (χ0n) is 9.01. The van der Waals surface area contributed by atoms with Crippen LogP contribution in [0.25, 0.3) is 5.69 Å². The van der Waals surface area contributed by atoms with Crippen LogP contribution in [0.4, 0.5) is 5.69 Å². The quantitative estimate of drug-likeness (QED) is 0.759. The monoisotopic (exact) mass is 201 g/mol. The number of rotatable bonds is 2. The molecule has 15 heavy (non-hydrogen) atoms. The van der Waals surface area contributed by atoms with Gasteiger partial charge in [-0.3, -0.25) is 0 Å². The first-order valence-electron chi connectivity index (χ1n) is 5.09. The van der Waals surface area contributed by atoms with Gasteiger partial charge in [0.05, 0.1) is 11.4 Å². The molecule has 0 amide bonds. The number of aromatic nitrogens is 2. The highest BCUT2D eigenvalue weighted by Gasteiger charge is 2.09. The first kappa shape index (κ1) is 9.77. The van der Waals surface area contributed by atoms with E-state index in [0.29, 0.717) is 5.92 Å². The van der Waals surface area contributed by atoms with Crippen molar-refractivity contribution in [2.45, 2.75) is 19.8 Å². The van der Waals surface area contributed by atoms with Crippen LogP contribution in [0.2, 0.25) is 0 Å². The molecule has 3 heteroatoms. The molecular weight excluding hydrogens is 186 g/mol. The normalized spacial score (nSPS) is 10.9. The Morgan fingerprint density at radius 1 is 1.20 bits per heavy atom. The maximum atomic E-state index is 5.92. The van der Waals surface area contributed by atoms with E-state index in [-0.39, 0.29) is 0 Å². The molecular formula is C12H15N3. The van der Waals surface area contributed by atoms with Crippen molar-refractivity contribution in [3.05, 3.63) is 42.2 Å².